The lowest BCUT2D eigenvalue weighted by molar-refractivity contribution is 0.442. The van der Waals surface area contributed by atoms with Gasteiger partial charge in [-0.25, -0.2) is 31.6 Å². The molecular weight excluding hydrogens is 421 g/mol. The zero-order valence-electron chi connectivity index (χ0n) is 15.2. The number of fused-ring (bicyclic) bond motifs is 1. The first kappa shape index (κ1) is 19.6. The summed E-state index contributed by atoms with van der Waals surface area (Å²) in [5, 5.41) is 7.25. The van der Waals surface area contributed by atoms with Crippen LogP contribution in [0.15, 0.2) is 41.3 Å². The predicted octanol–water partition coefficient (Wildman–Crippen LogP) is 3.13. The van der Waals surface area contributed by atoms with Gasteiger partial charge in [0.15, 0.2) is 28.9 Å². The topological polar surface area (TPSA) is 127 Å². The third-order valence-corrected chi connectivity index (χ3v) is 5.65. The van der Waals surface area contributed by atoms with Crippen molar-refractivity contribution in [1.82, 2.24) is 20.2 Å². The number of nitrogens with two attached hydrogens (primary N) is 1. The Bertz CT molecular complexity index is 1360. The van der Waals surface area contributed by atoms with Gasteiger partial charge in [-0.05, 0) is 43.3 Å². The molecule has 0 amide bonds. The van der Waals surface area contributed by atoms with Crippen molar-refractivity contribution in [2.24, 2.45) is 0 Å². The Labute approximate surface area is 168 Å². The second kappa shape index (κ2) is 6.99. The number of nitrogen functional groups attached to an aromatic ring is 1. The van der Waals surface area contributed by atoms with E-state index in [-0.39, 0.29) is 5.69 Å². The molecule has 2 heterocycles. The van der Waals surface area contributed by atoms with Gasteiger partial charge in [0, 0.05) is 11.3 Å². The van der Waals surface area contributed by atoms with Crippen LogP contribution >= 0.6 is 0 Å². The first-order valence-electron chi connectivity index (χ1n) is 8.41. The van der Waals surface area contributed by atoms with Crippen molar-refractivity contribution in [1.29, 1.82) is 0 Å². The summed E-state index contributed by atoms with van der Waals surface area (Å²) in [6.45, 7) is 1.75. The van der Waals surface area contributed by atoms with E-state index in [1.54, 1.807) is 19.1 Å². The van der Waals surface area contributed by atoms with Crippen LogP contribution < -0.4 is 10.5 Å². The summed E-state index contributed by atoms with van der Waals surface area (Å²) in [6, 6.07) is 6.75. The van der Waals surface area contributed by atoms with Crippen LogP contribution in [0.2, 0.25) is 0 Å². The summed E-state index contributed by atoms with van der Waals surface area (Å²) in [7, 11) is -4.34. The molecule has 8 nitrogen and oxygen atoms in total. The molecule has 0 saturated heterocycles. The van der Waals surface area contributed by atoms with Crippen molar-refractivity contribution >= 4 is 32.6 Å². The molecule has 154 valence electrons. The molecule has 2 aromatic carbocycles. The minimum absolute atomic E-state index is 0.116. The van der Waals surface area contributed by atoms with Crippen molar-refractivity contribution in [3.63, 3.8) is 0 Å². The van der Waals surface area contributed by atoms with Gasteiger partial charge in [0.1, 0.15) is 5.82 Å². The van der Waals surface area contributed by atoms with Crippen LogP contribution in [0, 0.1) is 24.4 Å². The first-order chi connectivity index (χ1) is 14.2. The molecule has 12 heteroatoms. The van der Waals surface area contributed by atoms with Crippen molar-refractivity contribution in [3.05, 3.63) is 59.5 Å². The molecule has 4 aromatic rings. The van der Waals surface area contributed by atoms with Gasteiger partial charge in [0.25, 0.3) is 10.0 Å². The highest BCUT2D eigenvalue weighted by molar-refractivity contribution is 7.92. The second-order valence-corrected chi connectivity index (χ2v) is 8.03. The Morgan fingerprint density at radius 2 is 1.67 bits per heavy atom. The number of aromatic nitrogens is 4. The second-order valence-electron chi connectivity index (χ2n) is 6.35. The lowest BCUT2D eigenvalue weighted by Gasteiger charge is -2.10. The molecule has 0 spiro atoms. The highest BCUT2D eigenvalue weighted by atomic mass is 32.2. The molecule has 2 aromatic heterocycles. The fraction of sp³-hybridized carbons (Fsp3) is 0.0556. The van der Waals surface area contributed by atoms with Gasteiger partial charge >= 0.3 is 0 Å². The molecule has 0 aliphatic rings. The van der Waals surface area contributed by atoms with Crippen LogP contribution in [0.5, 0.6) is 0 Å². The summed E-state index contributed by atoms with van der Waals surface area (Å²) in [4.78, 5) is 7.94. The third-order valence-electron chi connectivity index (χ3n) is 4.29. The van der Waals surface area contributed by atoms with Gasteiger partial charge in [-0.1, -0.05) is 0 Å². The number of aromatic amines is 1. The largest absolute Gasteiger partial charge is 0.383 e. The fourth-order valence-corrected chi connectivity index (χ4v) is 3.92. The summed E-state index contributed by atoms with van der Waals surface area (Å²) in [5.74, 6) is -4.25. The predicted molar refractivity (Wildman–Crippen MR) is 103 cm³/mol. The fourth-order valence-electron chi connectivity index (χ4n) is 2.84. The number of anilines is 2. The van der Waals surface area contributed by atoms with E-state index in [9.17, 15) is 21.6 Å². The van der Waals surface area contributed by atoms with E-state index >= 15 is 0 Å². The number of halogens is 3. The lowest BCUT2D eigenvalue weighted by Crippen LogP contribution is -2.14. The maximum atomic E-state index is 13.4. The standard InChI is InChI=1S/C18H13F3N6O2S/c1-8-14-16(22)25-26-18(14)24-17(23-8)9-2-4-10(5-3-9)27-30(28,29)11-6-12(19)15(21)13(20)7-11/h2-7,27H,1H3,(H3,22,23,24,25,26). The Morgan fingerprint density at radius 1 is 1.03 bits per heavy atom. The van der Waals surface area contributed by atoms with Crippen LogP contribution in [0.25, 0.3) is 22.4 Å². The van der Waals surface area contributed by atoms with E-state index in [1.165, 1.54) is 12.1 Å². The third kappa shape index (κ3) is 3.41. The lowest BCUT2D eigenvalue weighted by atomic mass is 10.2. The van der Waals surface area contributed by atoms with Gasteiger partial charge in [0.05, 0.1) is 16.0 Å². The van der Waals surface area contributed by atoms with Gasteiger partial charge in [-0.15, -0.1) is 0 Å². The number of benzene rings is 2. The maximum Gasteiger partial charge on any atom is 0.262 e. The average Bonchev–Trinajstić information content (AvgIpc) is 3.07. The van der Waals surface area contributed by atoms with E-state index in [1.807, 2.05) is 0 Å². The minimum Gasteiger partial charge on any atom is -0.383 e. The molecule has 0 unspecified atom stereocenters. The van der Waals surface area contributed by atoms with Crippen molar-refractivity contribution < 1.29 is 21.6 Å². The first-order valence-corrected chi connectivity index (χ1v) is 9.90. The van der Waals surface area contributed by atoms with Crippen LogP contribution in [0.3, 0.4) is 0 Å². The molecule has 0 fully saturated rings. The monoisotopic (exact) mass is 434 g/mol. The molecule has 0 atom stereocenters. The van der Waals surface area contributed by atoms with Crippen molar-refractivity contribution in [2.75, 3.05) is 10.5 Å². The molecule has 0 aliphatic carbocycles. The van der Waals surface area contributed by atoms with E-state index < -0.39 is 32.4 Å². The van der Waals surface area contributed by atoms with E-state index in [2.05, 4.69) is 24.9 Å². The molecule has 0 saturated carbocycles. The number of nitrogens with one attached hydrogen (secondary N) is 2. The van der Waals surface area contributed by atoms with Crippen molar-refractivity contribution in [3.8, 4) is 11.4 Å². The molecule has 0 bridgehead atoms. The van der Waals surface area contributed by atoms with E-state index in [4.69, 9.17) is 5.73 Å². The molecule has 0 radical (unpaired) electrons. The van der Waals surface area contributed by atoms with Gasteiger partial charge in [0.2, 0.25) is 0 Å². The number of hydrogen-bond donors (Lipinski definition) is 3. The normalized spacial score (nSPS) is 11.7. The molecular formula is C18H13F3N6O2S. The number of aryl methyl sites for hydroxylation is 1. The zero-order chi connectivity index (χ0) is 21.6. The number of nitrogens with zero attached hydrogens (tertiary/aromatic N) is 3. The van der Waals surface area contributed by atoms with Gasteiger partial charge in [-0.3, -0.25) is 9.82 Å². The highest BCUT2D eigenvalue weighted by Gasteiger charge is 2.20. The average molecular weight is 434 g/mol. The minimum atomic E-state index is -4.34. The van der Waals surface area contributed by atoms with Crippen molar-refractivity contribution in [2.45, 2.75) is 11.8 Å². The van der Waals surface area contributed by atoms with Gasteiger partial charge in [-0.2, -0.15) is 5.10 Å². The Kier molecular flexibility index (Phi) is 4.57. The Hall–Kier alpha value is -3.67. The SMILES string of the molecule is Cc1nc(-c2ccc(NS(=O)(=O)c3cc(F)c(F)c(F)c3)cc2)nc2n[nH]c(N)c12. The summed E-state index contributed by atoms with van der Waals surface area (Å²) in [6.07, 6.45) is 0. The van der Waals surface area contributed by atoms with E-state index in [0.717, 1.165) is 0 Å². The Balaban J connectivity index is 1.63. The number of H-pyrrole nitrogens is 1. The van der Waals surface area contributed by atoms with Crippen LogP contribution in [-0.2, 0) is 10.0 Å². The molecule has 4 rings (SSSR count). The van der Waals surface area contributed by atoms with Crippen LogP contribution in [0.4, 0.5) is 24.7 Å². The molecule has 4 N–H and O–H groups in total. The summed E-state index contributed by atoms with van der Waals surface area (Å²) < 4.78 is 66.7. The maximum absolute atomic E-state index is 13.4. The van der Waals surface area contributed by atoms with E-state index in [0.29, 0.717) is 46.1 Å². The Morgan fingerprint density at radius 3 is 2.30 bits per heavy atom. The number of sulfonamides is 1. The van der Waals surface area contributed by atoms with Crippen LogP contribution in [-0.4, -0.2) is 28.6 Å². The zero-order valence-corrected chi connectivity index (χ0v) is 16.1. The summed E-state index contributed by atoms with van der Waals surface area (Å²) >= 11 is 0. The molecule has 0 aliphatic heterocycles. The molecule has 30 heavy (non-hydrogen) atoms. The number of hydrogen-bond acceptors (Lipinski definition) is 6. The number of rotatable bonds is 4. The quantitative estimate of drug-likeness (QED) is 0.424. The smallest absolute Gasteiger partial charge is 0.262 e. The van der Waals surface area contributed by atoms with Gasteiger partial charge < -0.3 is 5.73 Å². The highest BCUT2D eigenvalue weighted by Crippen LogP contribution is 2.25. The summed E-state index contributed by atoms with van der Waals surface area (Å²) in [5.41, 5.74) is 7.48. The van der Waals surface area contributed by atoms with Crippen LogP contribution in [0.1, 0.15) is 5.69 Å².